The van der Waals surface area contributed by atoms with Crippen LogP contribution in [-0.2, 0) is 0 Å². The maximum Gasteiger partial charge on any atom is 0.276 e. The van der Waals surface area contributed by atoms with E-state index < -0.39 is 11.8 Å². The lowest BCUT2D eigenvalue weighted by Gasteiger charge is -2.05. The summed E-state index contributed by atoms with van der Waals surface area (Å²) < 4.78 is 0. The van der Waals surface area contributed by atoms with Crippen molar-refractivity contribution >= 4 is 18.5 Å². The lowest BCUT2D eigenvalue weighted by atomic mass is 10.0. The Bertz CT molecular complexity index is 440. The van der Waals surface area contributed by atoms with E-state index in [1.807, 2.05) is 0 Å². The Morgan fingerprint density at radius 3 is 1.89 bits per heavy atom. The minimum absolute atomic E-state index is 0.287. The van der Waals surface area contributed by atoms with Gasteiger partial charge in [0.1, 0.15) is 0 Å². The first-order valence-electron chi connectivity index (χ1n) is 6.56. The summed E-state index contributed by atoms with van der Waals surface area (Å²) in [6, 6.07) is 6.03. The van der Waals surface area contributed by atoms with Gasteiger partial charge in [-0.3, -0.25) is 9.59 Å². The Kier molecular flexibility index (Phi) is 6.50. The lowest BCUT2D eigenvalue weighted by Crippen LogP contribution is -2.11. The summed E-state index contributed by atoms with van der Waals surface area (Å²) in [5, 5.41) is 0. The number of nitrogens with two attached hydrogens (primary N) is 1. The van der Waals surface area contributed by atoms with Crippen LogP contribution < -0.4 is 5.73 Å². The number of benzene rings is 1. The van der Waals surface area contributed by atoms with Crippen molar-refractivity contribution in [1.29, 1.82) is 0 Å². The highest BCUT2D eigenvalue weighted by Crippen LogP contribution is 2.15. The molecule has 4 nitrogen and oxygen atoms in total. The molecule has 0 atom stereocenters. The summed E-state index contributed by atoms with van der Waals surface area (Å²) in [4.78, 5) is 25.0. The van der Waals surface area contributed by atoms with Gasteiger partial charge < -0.3 is 5.73 Å². The van der Waals surface area contributed by atoms with Gasteiger partial charge in [-0.2, -0.15) is 0 Å². The predicted octanol–water partition coefficient (Wildman–Crippen LogP) is 2.97. The molecule has 0 heterocycles. The summed E-state index contributed by atoms with van der Waals surface area (Å²) in [6.07, 6.45) is 9.00. The van der Waals surface area contributed by atoms with Crippen molar-refractivity contribution in [3.63, 3.8) is 0 Å². The van der Waals surface area contributed by atoms with Crippen LogP contribution in [0.3, 0.4) is 0 Å². The van der Waals surface area contributed by atoms with Crippen LogP contribution in [0.1, 0.15) is 59.2 Å². The second-order valence-electron chi connectivity index (χ2n) is 4.53. The summed E-state index contributed by atoms with van der Waals surface area (Å²) in [5.41, 5.74) is 5.63. The Morgan fingerprint density at radius 2 is 1.47 bits per heavy atom. The van der Waals surface area contributed by atoms with Crippen LogP contribution in [0.2, 0.25) is 0 Å². The minimum Gasteiger partial charge on any atom is -0.366 e. The SMILES string of the molecule is C1CCCCC1.C=NC(=O)c1cccc(C(N)=O)c1. The zero-order chi connectivity index (χ0) is 14.1. The first-order valence-corrected chi connectivity index (χ1v) is 6.56. The second-order valence-corrected chi connectivity index (χ2v) is 4.53. The number of nitrogens with zero attached hydrogens (tertiary/aromatic N) is 1. The molecule has 0 spiro atoms. The molecule has 0 saturated heterocycles. The summed E-state index contributed by atoms with van der Waals surface area (Å²) in [7, 11) is 0. The standard InChI is InChI=1S/C9H8N2O2.C6H12/c1-11-9(13)7-4-2-3-6(5-7)8(10)12;1-2-4-6-5-3-1/h2-5H,1H2,(H2,10,12);1-6H2. The van der Waals surface area contributed by atoms with E-state index in [2.05, 4.69) is 11.7 Å². The highest BCUT2D eigenvalue weighted by atomic mass is 16.1. The average molecular weight is 260 g/mol. The monoisotopic (exact) mass is 260 g/mol. The number of aliphatic imine (C=N–C) groups is 1. The van der Waals surface area contributed by atoms with Crippen molar-refractivity contribution in [1.82, 2.24) is 0 Å². The molecule has 0 radical (unpaired) electrons. The van der Waals surface area contributed by atoms with Crippen molar-refractivity contribution < 1.29 is 9.59 Å². The van der Waals surface area contributed by atoms with Crippen LogP contribution in [0.5, 0.6) is 0 Å². The quantitative estimate of drug-likeness (QED) is 0.830. The fourth-order valence-electron chi connectivity index (χ4n) is 1.96. The van der Waals surface area contributed by atoms with Gasteiger partial charge in [-0.25, -0.2) is 4.99 Å². The van der Waals surface area contributed by atoms with E-state index in [0.29, 0.717) is 5.56 Å². The third-order valence-corrected chi connectivity index (χ3v) is 3.04. The number of hydrogen-bond donors (Lipinski definition) is 1. The normalized spacial score (nSPS) is 13.9. The molecule has 19 heavy (non-hydrogen) atoms. The summed E-state index contributed by atoms with van der Waals surface area (Å²) in [5.74, 6) is -1.04. The summed E-state index contributed by atoms with van der Waals surface area (Å²) in [6.45, 7) is 3.10. The van der Waals surface area contributed by atoms with Crippen LogP contribution in [0.25, 0.3) is 0 Å². The largest absolute Gasteiger partial charge is 0.366 e. The molecule has 2 N–H and O–H groups in total. The minimum atomic E-state index is -0.571. The van der Waals surface area contributed by atoms with Crippen molar-refractivity contribution in [2.24, 2.45) is 10.7 Å². The van der Waals surface area contributed by atoms with Gasteiger partial charge in [-0.1, -0.05) is 44.6 Å². The third-order valence-electron chi connectivity index (χ3n) is 3.04. The van der Waals surface area contributed by atoms with Crippen LogP contribution in [-0.4, -0.2) is 18.5 Å². The molecule has 1 fully saturated rings. The van der Waals surface area contributed by atoms with Gasteiger partial charge in [0, 0.05) is 11.1 Å². The topological polar surface area (TPSA) is 72.5 Å². The number of carbonyl (C=O) groups excluding carboxylic acids is 2. The van der Waals surface area contributed by atoms with E-state index >= 15 is 0 Å². The third kappa shape index (κ3) is 5.46. The molecule has 2 rings (SSSR count). The number of hydrogen-bond acceptors (Lipinski definition) is 2. The molecular weight excluding hydrogens is 240 g/mol. The van der Waals surface area contributed by atoms with E-state index in [1.54, 1.807) is 12.1 Å². The first-order chi connectivity index (χ1) is 9.15. The second kappa shape index (κ2) is 8.19. The predicted molar refractivity (Wildman–Crippen MR) is 76.5 cm³/mol. The van der Waals surface area contributed by atoms with E-state index in [1.165, 1.54) is 50.7 Å². The molecule has 2 amide bonds. The van der Waals surface area contributed by atoms with E-state index in [4.69, 9.17) is 5.73 Å². The van der Waals surface area contributed by atoms with Gasteiger partial charge in [0.2, 0.25) is 5.91 Å². The fourth-order valence-corrected chi connectivity index (χ4v) is 1.96. The zero-order valence-electron chi connectivity index (χ0n) is 11.1. The van der Waals surface area contributed by atoms with E-state index in [9.17, 15) is 9.59 Å². The highest BCUT2D eigenvalue weighted by Gasteiger charge is 2.05. The maximum atomic E-state index is 11.0. The van der Waals surface area contributed by atoms with Crippen LogP contribution in [0, 0.1) is 0 Å². The van der Waals surface area contributed by atoms with Gasteiger partial charge >= 0.3 is 0 Å². The van der Waals surface area contributed by atoms with Gasteiger partial charge in [-0.15, -0.1) is 0 Å². The molecule has 0 aromatic heterocycles. The van der Waals surface area contributed by atoms with Crippen molar-refractivity contribution in [3.8, 4) is 0 Å². The Hall–Kier alpha value is -1.97. The Labute approximate surface area is 113 Å². The van der Waals surface area contributed by atoms with Crippen molar-refractivity contribution in [2.45, 2.75) is 38.5 Å². The summed E-state index contributed by atoms with van der Waals surface area (Å²) >= 11 is 0. The smallest absolute Gasteiger partial charge is 0.276 e. The molecule has 1 saturated carbocycles. The molecule has 1 aliphatic rings. The molecule has 4 heteroatoms. The van der Waals surface area contributed by atoms with Crippen LogP contribution in [0.15, 0.2) is 29.3 Å². The van der Waals surface area contributed by atoms with Crippen molar-refractivity contribution in [2.75, 3.05) is 0 Å². The van der Waals surface area contributed by atoms with E-state index in [-0.39, 0.29) is 5.56 Å². The zero-order valence-corrected chi connectivity index (χ0v) is 11.1. The molecule has 1 aliphatic carbocycles. The molecule has 102 valence electrons. The van der Waals surface area contributed by atoms with Crippen LogP contribution in [0.4, 0.5) is 0 Å². The lowest BCUT2D eigenvalue weighted by molar-refractivity contribution is 0.1000. The molecule has 0 unspecified atom stereocenters. The molecule has 0 aliphatic heterocycles. The first kappa shape index (κ1) is 15.1. The van der Waals surface area contributed by atoms with Gasteiger partial charge in [0.25, 0.3) is 5.91 Å². The molecule has 1 aromatic carbocycles. The molecule has 0 bridgehead atoms. The average Bonchev–Trinajstić information content (AvgIpc) is 2.49. The number of rotatable bonds is 2. The number of amides is 2. The molecule has 1 aromatic rings. The van der Waals surface area contributed by atoms with Gasteiger partial charge in [-0.05, 0) is 24.9 Å². The fraction of sp³-hybridized carbons (Fsp3) is 0.400. The Morgan fingerprint density at radius 1 is 1.00 bits per heavy atom. The van der Waals surface area contributed by atoms with Gasteiger partial charge in [0.05, 0.1) is 0 Å². The highest BCUT2D eigenvalue weighted by molar-refractivity contribution is 6.00. The van der Waals surface area contributed by atoms with Crippen molar-refractivity contribution in [3.05, 3.63) is 35.4 Å². The molecular formula is C15H20N2O2. The number of primary amides is 1. The van der Waals surface area contributed by atoms with E-state index in [0.717, 1.165) is 0 Å². The Balaban J connectivity index is 0.000000250. The van der Waals surface area contributed by atoms with Gasteiger partial charge in [0.15, 0.2) is 0 Å². The van der Waals surface area contributed by atoms with Crippen LogP contribution >= 0.6 is 0 Å². The maximum absolute atomic E-state index is 11.0. The number of carbonyl (C=O) groups is 2.